The summed E-state index contributed by atoms with van der Waals surface area (Å²) in [4.78, 5) is 13.7. The first-order valence-electron chi connectivity index (χ1n) is 5.52. The van der Waals surface area contributed by atoms with Crippen LogP contribution in [-0.2, 0) is 0 Å². The standard InChI is InChI=1S/C11H15N3O2/c1-8(6-9-2-3-9)13-10-4-5-11(12-7-10)14(15)16/h4-5,7-9,13H,2-3,6H2,1H3. The number of rotatable bonds is 5. The van der Waals surface area contributed by atoms with E-state index in [1.807, 2.05) is 0 Å². The van der Waals surface area contributed by atoms with Crippen molar-refractivity contribution < 1.29 is 4.92 Å². The molecular formula is C11H15N3O2. The van der Waals surface area contributed by atoms with E-state index in [2.05, 4.69) is 17.2 Å². The van der Waals surface area contributed by atoms with Crippen molar-refractivity contribution in [3.63, 3.8) is 0 Å². The molecule has 1 heterocycles. The summed E-state index contributed by atoms with van der Waals surface area (Å²) < 4.78 is 0. The van der Waals surface area contributed by atoms with E-state index in [1.54, 1.807) is 6.07 Å². The summed E-state index contributed by atoms with van der Waals surface area (Å²) in [5.41, 5.74) is 0.846. The SMILES string of the molecule is CC(CC1CC1)Nc1ccc([N+](=O)[O-])nc1. The largest absolute Gasteiger partial charge is 0.380 e. The number of nitro groups is 1. The summed E-state index contributed by atoms with van der Waals surface area (Å²) in [5, 5.41) is 13.7. The Kier molecular flexibility index (Phi) is 3.03. The van der Waals surface area contributed by atoms with Crippen LogP contribution in [0.5, 0.6) is 0 Å². The second kappa shape index (κ2) is 4.47. The molecule has 0 spiro atoms. The van der Waals surface area contributed by atoms with Crippen LogP contribution in [0.4, 0.5) is 11.5 Å². The Morgan fingerprint density at radius 3 is 2.88 bits per heavy atom. The van der Waals surface area contributed by atoms with E-state index >= 15 is 0 Å². The molecule has 0 amide bonds. The van der Waals surface area contributed by atoms with E-state index in [4.69, 9.17) is 0 Å². The molecule has 1 aliphatic rings. The van der Waals surface area contributed by atoms with Gasteiger partial charge in [-0.05, 0) is 35.2 Å². The molecular weight excluding hydrogens is 206 g/mol. The Balaban J connectivity index is 1.90. The summed E-state index contributed by atoms with van der Waals surface area (Å²) in [7, 11) is 0. The quantitative estimate of drug-likeness (QED) is 0.613. The number of hydrogen-bond acceptors (Lipinski definition) is 4. The highest BCUT2D eigenvalue weighted by Crippen LogP contribution is 2.34. The maximum Gasteiger partial charge on any atom is 0.363 e. The number of anilines is 1. The van der Waals surface area contributed by atoms with E-state index in [0.29, 0.717) is 6.04 Å². The first kappa shape index (κ1) is 10.9. The number of nitrogens with one attached hydrogen (secondary N) is 1. The van der Waals surface area contributed by atoms with Gasteiger partial charge in [0, 0.05) is 12.1 Å². The van der Waals surface area contributed by atoms with Crippen molar-refractivity contribution in [3.8, 4) is 0 Å². The summed E-state index contributed by atoms with van der Waals surface area (Å²) in [5.74, 6) is 0.758. The third kappa shape index (κ3) is 2.92. The fraction of sp³-hybridized carbons (Fsp3) is 0.545. The Morgan fingerprint density at radius 2 is 2.38 bits per heavy atom. The number of pyridine rings is 1. The van der Waals surface area contributed by atoms with Gasteiger partial charge in [0.05, 0.1) is 5.69 Å². The molecule has 1 aliphatic carbocycles. The highest BCUT2D eigenvalue weighted by atomic mass is 16.6. The normalized spacial score (nSPS) is 16.8. The molecule has 16 heavy (non-hydrogen) atoms. The molecule has 1 aromatic rings. The van der Waals surface area contributed by atoms with Gasteiger partial charge in [-0.15, -0.1) is 0 Å². The molecule has 1 fully saturated rings. The first-order valence-corrected chi connectivity index (χ1v) is 5.52. The second-order valence-electron chi connectivity index (χ2n) is 4.39. The van der Waals surface area contributed by atoms with Gasteiger partial charge in [-0.3, -0.25) is 0 Å². The van der Waals surface area contributed by atoms with Gasteiger partial charge in [0.15, 0.2) is 6.20 Å². The van der Waals surface area contributed by atoms with E-state index in [0.717, 1.165) is 18.0 Å². The molecule has 1 unspecified atom stereocenters. The smallest absolute Gasteiger partial charge is 0.363 e. The fourth-order valence-corrected chi connectivity index (χ4v) is 1.78. The number of nitrogens with zero attached hydrogens (tertiary/aromatic N) is 2. The average molecular weight is 221 g/mol. The minimum Gasteiger partial charge on any atom is -0.380 e. The Bertz CT molecular complexity index is 373. The lowest BCUT2D eigenvalue weighted by Gasteiger charge is -2.13. The van der Waals surface area contributed by atoms with Gasteiger partial charge in [-0.1, -0.05) is 12.8 Å². The van der Waals surface area contributed by atoms with Gasteiger partial charge >= 0.3 is 5.82 Å². The molecule has 86 valence electrons. The monoisotopic (exact) mass is 221 g/mol. The van der Waals surface area contributed by atoms with Crippen molar-refractivity contribution >= 4 is 11.5 Å². The molecule has 0 aromatic carbocycles. The van der Waals surface area contributed by atoms with Crippen LogP contribution in [-0.4, -0.2) is 15.9 Å². The number of aromatic nitrogens is 1. The lowest BCUT2D eigenvalue weighted by Crippen LogP contribution is -2.15. The van der Waals surface area contributed by atoms with Crippen LogP contribution in [0.1, 0.15) is 26.2 Å². The summed E-state index contributed by atoms with van der Waals surface area (Å²) in [6, 6.07) is 3.52. The zero-order valence-corrected chi connectivity index (χ0v) is 9.22. The van der Waals surface area contributed by atoms with Gasteiger partial charge in [0.25, 0.3) is 0 Å². The topological polar surface area (TPSA) is 68.1 Å². The first-order chi connectivity index (χ1) is 7.65. The van der Waals surface area contributed by atoms with Crippen molar-refractivity contribution in [2.24, 2.45) is 5.92 Å². The molecule has 1 atom stereocenters. The third-order valence-corrected chi connectivity index (χ3v) is 2.73. The van der Waals surface area contributed by atoms with Crippen LogP contribution in [0.3, 0.4) is 0 Å². The maximum absolute atomic E-state index is 10.4. The van der Waals surface area contributed by atoms with E-state index in [1.165, 1.54) is 25.1 Å². The predicted molar refractivity (Wildman–Crippen MR) is 61.3 cm³/mol. The van der Waals surface area contributed by atoms with E-state index < -0.39 is 4.92 Å². The summed E-state index contributed by atoms with van der Waals surface area (Å²) in [6.45, 7) is 2.12. The Labute approximate surface area is 94.0 Å². The molecule has 0 saturated heterocycles. The third-order valence-electron chi connectivity index (χ3n) is 2.73. The van der Waals surface area contributed by atoms with Gasteiger partial charge in [0.1, 0.15) is 0 Å². The van der Waals surface area contributed by atoms with Crippen molar-refractivity contribution in [1.82, 2.24) is 4.98 Å². The molecule has 0 bridgehead atoms. The highest BCUT2D eigenvalue weighted by Gasteiger charge is 2.23. The summed E-state index contributed by atoms with van der Waals surface area (Å²) in [6.07, 6.45) is 5.35. The second-order valence-corrected chi connectivity index (χ2v) is 4.39. The van der Waals surface area contributed by atoms with Crippen LogP contribution in [0, 0.1) is 16.0 Å². The molecule has 1 N–H and O–H groups in total. The molecule has 5 nitrogen and oxygen atoms in total. The van der Waals surface area contributed by atoms with Crippen molar-refractivity contribution in [1.29, 1.82) is 0 Å². The van der Waals surface area contributed by atoms with Crippen molar-refractivity contribution in [2.45, 2.75) is 32.2 Å². The average Bonchev–Trinajstić information content (AvgIpc) is 3.02. The minimum atomic E-state index is -0.489. The Morgan fingerprint density at radius 1 is 1.62 bits per heavy atom. The molecule has 2 rings (SSSR count). The minimum absolute atomic E-state index is 0.111. The van der Waals surface area contributed by atoms with E-state index in [9.17, 15) is 10.1 Å². The lowest BCUT2D eigenvalue weighted by molar-refractivity contribution is -0.389. The molecule has 5 heteroatoms. The Hall–Kier alpha value is -1.65. The van der Waals surface area contributed by atoms with Gasteiger partial charge in [-0.2, -0.15) is 0 Å². The fourth-order valence-electron chi connectivity index (χ4n) is 1.78. The molecule has 0 aliphatic heterocycles. The summed E-state index contributed by atoms with van der Waals surface area (Å²) >= 11 is 0. The van der Waals surface area contributed by atoms with Crippen LogP contribution in [0.25, 0.3) is 0 Å². The van der Waals surface area contributed by atoms with Crippen molar-refractivity contribution in [3.05, 3.63) is 28.4 Å². The van der Waals surface area contributed by atoms with Crippen LogP contribution >= 0.6 is 0 Å². The lowest BCUT2D eigenvalue weighted by atomic mass is 10.1. The van der Waals surface area contributed by atoms with E-state index in [-0.39, 0.29) is 5.82 Å². The van der Waals surface area contributed by atoms with Crippen LogP contribution in [0.2, 0.25) is 0 Å². The molecule has 1 aromatic heterocycles. The van der Waals surface area contributed by atoms with Gasteiger partial charge < -0.3 is 15.4 Å². The van der Waals surface area contributed by atoms with Gasteiger partial charge in [-0.25, -0.2) is 0 Å². The zero-order chi connectivity index (χ0) is 11.5. The predicted octanol–water partition coefficient (Wildman–Crippen LogP) is 2.59. The van der Waals surface area contributed by atoms with Crippen LogP contribution in [0.15, 0.2) is 18.3 Å². The van der Waals surface area contributed by atoms with Gasteiger partial charge in [0.2, 0.25) is 0 Å². The highest BCUT2D eigenvalue weighted by molar-refractivity contribution is 5.44. The molecule has 0 radical (unpaired) electrons. The maximum atomic E-state index is 10.4. The zero-order valence-electron chi connectivity index (χ0n) is 9.22. The molecule has 1 saturated carbocycles. The van der Waals surface area contributed by atoms with Crippen LogP contribution < -0.4 is 5.32 Å². The van der Waals surface area contributed by atoms with Crippen molar-refractivity contribution in [2.75, 3.05) is 5.32 Å². The number of hydrogen-bond donors (Lipinski definition) is 1.